The van der Waals surface area contributed by atoms with E-state index >= 15 is 0 Å². The van der Waals surface area contributed by atoms with Crippen LogP contribution in [-0.4, -0.2) is 53.4 Å². The number of nitrogens with one attached hydrogen (secondary N) is 2. The number of hydrogen-bond acceptors (Lipinski definition) is 6. The summed E-state index contributed by atoms with van der Waals surface area (Å²) in [7, 11) is 1.98. The first-order valence-electron chi connectivity index (χ1n) is 8.10. The zero-order chi connectivity index (χ0) is 18.2. The van der Waals surface area contributed by atoms with Gasteiger partial charge in [0, 0.05) is 25.5 Å². The van der Waals surface area contributed by atoms with Gasteiger partial charge in [0.15, 0.2) is 5.96 Å². The monoisotopic (exact) mass is 508 g/mol. The van der Waals surface area contributed by atoms with Crippen LogP contribution < -0.4 is 10.6 Å². The zero-order valence-corrected chi connectivity index (χ0v) is 19.4. The van der Waals surface area contributed by atoms with Crippen molar-refractivity contribution >= 4 is 58.5 Å². The Balaban J connectivity index is 0.00000338. The van der Waals surface area contributed by atoms with Crippen molar-refractivity contribution in [3.05, 3.63) is 32.2 Å². The van der Waals surface area contributed by atoms with Crippen molar-refractivity contribution < 1.29 is 4.79 Å². The summed E-state index contributed by atoms with van der Waals surface area (Å²) in [5.41, 5.74) is 3.48. The lowest BCUT2D eigenvalue weighted by Gasteiger charge is -2.21. The quantitative estimate of drug-likeness (QED) is 0.260. The zero-order valence-electron chi connectivity index (χ0n) is 15.4. The summed E-state index contributed by atoms with van der Waals surface area (Å²) in [5, 5.41) is 9.27. The van der Waals surface area contributed by atoms with Gasteiger partial charge >= 0.3 is 0 Å². The van der Waals surface area contributed by atoms with Crippen molar-refractivity contribution in [1.29, 1.82) is 0 Å². The van der Waals surface area contributed by atoms with E-state index in [4.69, 9.17) is 0 Å². The second-order valence-corrected chi connectivity index (χ2v) is 7.39. The van der Waals surface area contributed by atoms with Crippen LogP contribution in [0.4, 0.5) is 0 Å². The third kappa shape index (κ3) is 6.80. The standard InChI is InChI=1S/C16H24N6OS2.HI/c1-5-17-16(22(4)8-13-9-24-12(3)21-13)19-7-6-18-15(23)14-11(2)20-10-25-14;/h9-10H,5-8H2,1-4H3,(H,17,19)(H,18,23);1H. The maximum Gasteiger partial charge on any atom is 0.263 e. The minimum atomic E-state index is -0.0912. The second kappa shape index (κ2) is 11.4. The van der Waals surface area contributed by atoms with E-state index in [0.29, 0.717) is 24.5 Å². The van der Waals surface area contributed by atoms with Gasteiger partial charge < -0.3 is 15.5 Å². The molecule has 0 unspecified atom stereocenters. The van der Waals surface area contributed by atoms with Crippen LogP contribution in [0.15, 0.2) is 15.9 Å². The maximum atomic E-state index is 12.1. The molecule has 0 radical (unpaired) electrons. The molecule has 26 heavy (non-hydrogen) atoms. The Morgan fingerprint density at radius 2 is 2.08 bits per heavy atom. The molecule has 0 atom stereocenters. The smallest absolute Gasteiger partial charge is 0.263 e. The number of aliphatic imine (C=N–C) groups is 1. The molecule has 0 aliphatic heterocycles. The van der Waals surface area contributed by atoms with Crippen LogP contribution in [0.2, 0.25) is 0 Å². The molecule has 10 heteroatoms. The van der Waals surface area contributed by atoms with E-state index in [2.05, 4.69) is 31.0 Å². The minimum Gasteiger partial charge on any atom is -0.357 e. The molecule has 0 aliphatic rings. The number of nitrogens with zero attached hydrogens (tertiary/aromatic N) is 4. The first-order valence-corrected chi connectivity index (χ1v) is 9.86. The molecule has 0 spiro atoms. The van der Waals surface area contributed by atoms with Gasteiger partial charge in [0.25, 0.3) is 5.91 Å². The number of amides is 1. The number of hydrogen-bond donors (Lipinski definition) is 2. The summed E-state index contributed by atoms with van der Waals surface area (Å²) in [6.07, 6.45) is 0. The van der Waals surface area contributed by atoms with E-state index in [1.807, 2.05) is 32.7 Å². The number of halogens is 1. The van der Waals surface area contributed by atoms with Crippen molar-refractivity contribution in [2.24, 2.45) is 4.99 Å². The molecular weight excluding hydrogens is 483 g/mol. The lowest BCUT2D eigenvalue weighted by molar-refractivity contribution is 0.0958. The van der Waals surface area contributed by atoms with Crippen molar-refractivity contribution in [3.8, 4) is 0 Å². The maximum absolute atomic E-state index is 12.1. The van der Waals surface area contributed by atoms with Gasteiger partial charge in [0.2, 0.25) is 0 Å². The van der Waals surface area contributed by atoms with Crippen LogP contribution >= 0.6 is 46.7 Å². The summed E-state index contributed by atoms with van der Waals surface area (Å²) < 4.78 is 0. The Kier molecular flexibility index (Phi) is 10.0. The molecule has 2 rings (SSSR count). The number of aromatic nitrogens is 2. The van der Waals surface area contributed by atoms with Crippen LogP contribution in [0.5, 0.6) is 0 Å². The second-order valence-electron chi connectivity index (χ2n) is 5.47. The normalized spacial score (nSPS) is 11.0. The molecule has 2 N–H and O–H groups in total. The van der Waals surface area contributed by atoms with Gasteiger partial charge in [-0.3, -0.25) is 9.79 Å². The number of thiazole rings is 2. The third-order valence-electron chi connectivity index (χ3n) is 3.37. The van der Waals surface area contributed by atoms with E-state index in [-0.39, 0.29) is 29.9 Å². The van der Waals surface area contributed by atoms with Crippen molar-refractivity contribution in [2.75, 3.05) is 26.7 Å². The molecule has 0 fully saturated rings. The Morgan fingerprint density at radius 1 is 1.31 bits per heavy atom. The molecule has 0 aromatic carbocycles. The molecule has 1 amide bonds. The summed E-state index contributed by atoms with van der Waals surface area (Å²) >= 11 is 3.00. The Bertz CT molecular complexity index is 730. The number of guanidine groups is 1. The highest BCUT2D eigenvalue weighted by Gasteiger charge is 2.11. The fourth-order valence-electron chi connectivity index (χ4n) is 2.20. The molecule has 0 saturated heterocycles. The third-order valence-corrected chi connectivity index (χ3v) is 5.12. The Hall–Kier alpha value is -1.27. The summed E-state index contributed by atoms with van der Waals surface area (Å²) in [4.78, 5) is 27.9. The van der Waals surface area contributed by atoms with Crippen LogP contribution in [0.3, 0.4) is 0 Å². The predicted octanol–water partition coefficient (Wildman–Crippen LogP) is 2.66. The van der Waals surface area contributed by atoms with Crippen LogP contribution in [0.25, 0.3) is 0 Å². The molecule has 144 valence electrons. The van der Waals surface area contributed by atoms with E-state index in [9.17, 15) is 4.79 Å². The van der Waals surface area contributed by atoms with Gasteiger partial charge in [-0.25, -0.2) is 9.97 Å². The highest BCUT2D eigenvalue weighted by Crippen LogP contribution is 2.11. The van der Waals surface area contributed by atoms with E-state index < -0.39 is 0 Å². The van der Waals surface area contributed by atoms with Crippen molar-refractivity contribution in [1.82, 2.24) is 25.5 Å². The van der Waals surface area contributed by atoms with E-state index in [1.165, 1.54) is 11.3 Å². The first kappa shape index (κ1) is 22.8. The van der Waals surface area contributed by atoms with Gasteiger partial charge in [0.1, 0.15) is 4.88 Å². The molecule has 2 aromatic rings. The lowest BCUT2D eigenvalue weighted by Crippen LogP contribution is -2.39. The lowest BCUT2D eigenvalue weighted by atomic mass is 10.4. The molecule has 2 aromatic heterocycles. The van der Waals surface area contributed by atoms with E-state index in [1.54, 1.807) is 16.8 Å². The Morgan fingerprint density at radius 3 is 2.65 bits per heavy atom. The van der Waals surface area contributed by atoms with Crippen molar-refractivity contribution in [2.45, 2.75) is 27.3 Å². The molecule has 7 nitrogen and oxygen atoms in total. The molecule has 2 heterocycles. The highest BCUT2D eigenvalue weighted by molar-refractivity contribution is 14.0. The highest BCUT2D eigenvalue weighted by atomic mass is 127. The first-order chi connectivity index (χ1) is 12.0. The van der Waals surface area contributed by atoms with E-state index in [0.717, 1.165) is 28.9 Å². The van der Waals surface area contributed by atoms with Crippen LogP contribution in [0.1, 0.15) is 33.0 Å². The average molecular weight is 508 g/mol. The molecule has 0 aliphatic carbocycles. The minimum absolute atomic E-state index is 0. The fourth-order valence-corrected chi connectivity index (χ4v) is 3.52. The summed E-state index contributed by atoms with van der Waals surface area (Å²) in [6, 6.07) is 0. The largest absolute Gasteiger partial charge is 0.357 e. The Labute approximate surface area is 179 Å². The number of carbonyl (C=O) groups is 1. The van der Waals surface area contributed by atoms with Crippen molar-refractivity contribution in [3.63, 3.8) is 0 Å². The number of aryl methyl sites for hydroxylation is 2. The van der Waals surface area contributed by atoms with Gasteiger partial charge in [-0.15, -0.1) is 46.7 Å². The SMILES string of the molecule is CCNC(=NCCNC(=O)c1scnc1C)N(C)Cc1csc(C)n1.I. The van der Waals surface area contributed by atoms with Gasteiger partial charge in [-0.05, 0) is 20.8 Å². The number of rotatable bonds is 7. The number of carbonyl (C=O) groups excluding carboxylic acids is 1. The summed E-state index contributed by atoms with van der Waals surface area (Å²) in [5.74, 6) is 0.711. The van der Waals surface area contributed by atoms with Crippen LogP contribution in [-0.2, 0) is 6.54 Å². The van der Waals surface area contributed by atoms with Gasteiger partial charge in [-0.2, -0.15) is 0 Å². The molecular formula is C16H25IN6OS2. The van der Waals surface area contributed by atoms with Crippen LogP contribution in [0, 0.1) is 13.8 Å². The van der Waals surface area contributed by atoms with Gasteiger partial charge in [-0.1, -0.05) is 0 Å². The average Bonchev–Trinajstić information content (AvgIpc) is 3.18. The molecule has 0 bridgehead atoms. The van der Waals surface area contributed by atoms with Gasteiger partial charge in [0.05, 0.1) is 35.0 Å². The summed E-state index contributed by atoms with van der Waals surface area (Å²) in [6.45, 7) is 8.34. The topological polar surface area (TPSA) is 82.5 Å². The molecule has 0 saturated carbocycles. The predicted molar refractivity (Wildman–Crippen MR) is 119 cm³/mol. The fraction of sp³-hybridized carbons (Fsp3) is 0.500.